The number of rotatable bonds is 3. The summed E-state index contributed by atoms with van der Waals surface area (Å²) in [6.45, 7) is 3.10. The maximum absolute atomic E-state index is 12.0. The van der Waals surface area contributed by atoms with Crippen molar-refractivity contribution in [3.05, 3.63) is 23.7 Å². The lowest BCUT2D eigenvalue weighted by molar-refractivity contribution is 0.0598. The van der Waals surface area contributed by atoms with Crippen molar-refractivity contribution in [1.82, 2.24) is 10.2 Å². The van der Waals surface area contributed by atoms with Crippen LogP contribution in [0.25, 0.3) is 0 Å². The molecule has 3 fully saturated rings. The molecule has 1 aromatic rings. The van der Waals surface area contributed by atoms with Gasteiger partial charge < -0.3 is 19.7 Å². The number of piperidine rings is 3. The van der Waals surface area contributed by atoms with Gasteiger partial charge in [0, 0.05) is 12.6 Å². The molecule has 0 aliphatic carbocycles. The first-order chi connectivity index (χ1) is 9.13. The van der Waals surface area contributed by atoms with Crippen molar-refractivity contribution < 1.29 is 19.1 Å². The van der Waals surface area contributed by atoms with Gasteiger partial charge in [-0.3, -0.25) is 4.79 Å². The fourth-order valence-electron chi connectivity index (χ4n) is 2.94. The summed E-state index contributed by atoms with van der Waals surface area (Å²) in [5, 5.41) is 11.7. The van der Waals surface area contributed by atoms with E-state index in [1.54, 1.807) is 0 Å². The fourth-order valence-corrected chi connectivity index (χ4v) is 2.94. The van der Waals surface area contributed by atoms with Crippen LogP contribution < -0.4 is 5.32 Å². The molecule has 19 heavy (non-hydrogen) atoms. The minimum Gasteiger partial charge on any atom is -0.475 e. The molecule has 0 aromatic carbocycles. The molecule has 102 valence electrons. The van der Waals surface area contributed by atoms with E-state index in [-0.39, 0.29) is 23.5 Å². The normalized spacial score (nSPS) is 29.2. The van der Waals surface area contributed by atoms with Crippen molar-refractivity contribution in [1.29, 1.82) is 0 Å². The van der Waals surface area contributed by atoms with Gasteiger partial charge in [0.05, 0.1) is 0 Å². The van der Waals surface area contributed by atoms with E-state index in [0.717, 1.165) is 32.5 Å². The largest absolute Gasteiger partial charge is 0.475 e. The SMILES string of the molecule is O=C(O)c1ccc(C(=O)NC2CN3CCC2CC3)o1. The summed E-state index contributed by atoms with van der Waals surface area (Å²) in [5.74, 6) is -1.11. The van der Waals surface area contributed by atoms with Crippen LogP contribution >= 0.6 is 0 Å². The molecule has 2 N–H and O–H groups in total. The van der Waals surface area contributed by atoms with Gasteiger partial charge in [-0.2, -0.15) is 0 Å². The fraction of sp³-hybridized carbons (Fsp3) is 0.538. The third-order valence-electron chi connectivity index (χ3n) is 4.01. The molecule has 1 atom stereocenters. The molecule has 0 saturated carbocycles. The molecule has 6 nitrogen and oxygen atoms in total. The van der Waals surface area contributed by atoms with Gasteiger partial charge in [-0.25, -0.2) is 4.79 Å². The molecule has 1 amide bonds. The summed E-state index contributed by atoms with van der Waals surface area (Å²) in [6, 6.07) is 2.85. The molecule has 1 aromatic heterocycles. The van der Waals surface area contributed by atoms with Crippen molar-refractivity contribution in [2.45, 2.75) is 18.9 Å². The molecule has 3 aliphatic rings. The Hall–Kier alpha value is -1.82. The molecule has 4 heterocycles. The number of nitrogens with zero attached hydrogens (tertiary/aromatic N) is 1. The monoisotopic (exact) mass is 264 g/mol. The van der Waals surface area contributed by atoms with E-state index in [2.05, 4.69) is 10.2 Å². The summed E-state index contributed by atoms with van der Waals surface area (Å²) in [6.07, 6.45) is 2.23. The van der Waals surface area contributed by atoms with Crippen LogP contribution in [0.2, 0.25) is 0 Å². The minimum absolute atomic E-state index is 0.0637. The Labute approximate surface area is 110 Å². The Morgan fingerprint density at radius 3 is 2.47 bits per heavy atom. The first kappa shape index (κ1) is 12.2. The average molecular weight is 264 g/mol. The smallest absolute Gasteiger partial charge is 0.371 e. The number of hydrogen-bond donors (Lipinski definition) is 2. The zero-order valence-electron chi connectivity index (χ0n) is 10.5. The van der Waals surface area contributed by atoms with Gasteiger partial charge in [-0.05, 0) is 44.0 Å². The second-order valence-corrected chi connectivity index (χ2v) is 5.19. The van der Waals surface area contributed by atoms with Crippen LogP contribution in [0.5, 0.6) is 0 Å². The quantitative estimate of drug-likeness (QED) is 0.843. The van der Waals surface area contributed by atoms with Crippen molar-refractivity contribution in [2.24, 2.45) is 5.92 Å². The maximum Gasteiger partial charge on any atom is 0.371 e. The molecule has 0 radical (unpaired) electrons. The summed E-state index contributed by atoms with van der Waals surface area (Å²) in [4.78, 5) is 25.1. The van der Waals surface area contributed by atoms with E-state index in [1.807, 2.05) is 0 Å². The van der Waals surface area contributed by atoms with Crippen molar-refractivity contribution in [3.63, 3.8) is 0 Å². The van der Waals surface area contributed by atoms with Crippen LogP contribution in [0.4, 0.5) is 0 Å². The second-order valence-electron chi connectivity index (χ2n) is 5.19. The number of furan rings is 1. The molecular weight excluding hydrogens is 248 g/mol. The highest BCUT2D eigenvalue weighted by Crippen LogP contribution is 2.27. The zero-order chi connectivity index (χ0) is 13.4. The van der Waals surface area contributed by atoms with Crippen LogP contribution in [-0.2, 0) is 0 Å². The Morgan fingerprint density at radius 2 is 1.95 bits per heavy atom. The van der Waals surface area contributed by atoms with Gasteiger partial charge >= 0.3 is 5.97 Å². The highest BCUT2D eigenvalue weighted by molar-refractivity contribution is 5.93. The standard InChI is InChI=1S/C13H16N2O4/c16-12(10-1-2-11(19-10)13(17)18)14-9-7-15-5-3-8(9)4-6-15/h1-2,8-9H,3-7H2,(H,14,16)(H,17,18). The number of carbonyl (C=O) groups excluding carboxylic acids is 1. The highest BCUT2D eigenvalue weighted by atomic mass is 16.4. The predicted molar refractivity (Wildman–Crippen MR) is 66.1 cm³/mol. The Morgan fingerprint density at radius 1 is 1.26 bits per heavy atom. The number of carbonyl (C=O) groups is 2. The van der Waals surface area contributed by atoms with E-state index >= 15 is 0 Å². The third kappa shape index (κ3) is 2.35. The number of carboxylic acids is 1. The number of fused-ring (bicyclic) bond motifs is 3. The van der Waals surface area contributed by atoms with Crippen LogP contribution in [0.15, 0.2) is 16.5 Å². The second kappa shape index (κ2) is 4.70. The summed E-state index contributed by atoms with van der Waals surface area (Å²) < 4.78 is 5.00. The molecular formula is C13H16N2O4. The summed E-state index contributed by atoms with van der Waals surface area (Å²) >= 11 is 0. The third-order valence-corrected chi connectivity index (χ3v) is 4.01. The topological polar surface area (TPSA) is 82.8 Å². The van der Waals surface area contributed by atoms with Gasteiger partial charge in [0.15, 0.2) is 5.76 Å². The van der Waals surface area contributed by atoms with Crippen LogP contribution in [0.3, 0.4) is 0 Å². The summed E-state index contributed by atoms with van der Waals surface area (Å²) in [5.41, 5.74) is 0. The average Bonchev–Trinajstić information content (AvgIpc) is 2.90. The number of carboxylic acid groups (broad SMARTS) is 1. The lowest BCUT2D eigenvalue weighted by Gasteiger charge is -2.44. The van der Waals surface area contributed by atoms with Gasteiger partial charge in [-0.1, -0.05) is 0 Å². The van der Waals surface area contributed by atoms with E-state index in [1.165, 1.54) is 12.1 Å². The van der Waals surface area contributed by atoms with E-state index < -0.39 is 5.97 Å². The van der Waals surface area contributed by atoms with Crippen molar-refractivity contribution >= 4 is 11.9 Å². The molecule has 6 heteroatoms. The maximum atomic E-state index is 12.0. The van der Waals surface area contributed by atoms with Gasteiger partial charge in [0.25, 0.3) is 5.91 Å². The Kier molecular flexibility index (Phi) is 3.02. The first-order valence-electron chi connectivity index (χ1n) is 6.50. The number of amides is 1. The first-order valence-corrected chi connectivity index (χ1v) is 6.50. The van der Waals surface area contributed by atoms with Gasteiger partial charge in [0.2, 0.25) is 5.76 Å². The van der Waals surface area contributed by atoms with Crippen LogP contribution in [-0.4, -0.2) is 47.6 Å². The van der Waals surface area contributed by atoms with E-state index in [0.29, 0.717) is 5.92 Å². The number of aromatic carboxylic acids is 1. The Bertz CT molecular complexity index is 502. The number of nitrogens with one attached hydrogen (secondary N) is 1. The molecule has 4 rings (SSSR count). The molecule has 2 bridgehead atoms. The lowest BCUT2D eigenvalue weighted by atomic mass is 9.84. The van der Waals surface area contributed by atoms with Crippen LogP contribution in [0, 0.1) is 5.92 Å². The molecule has 1 unspecified atom stereocenters. The van der Waals surface area contributed by atoms with Crippen LogP contribution in [0.1, 0.15) is 34.0 Å². The highest BCUT2D eigenvalue weighted by Gasteiger charge is 2.35. The predicted octanol–water partition coefficient (Wildman–Crippen LogP) is 0.802. The number of hydrogen-bond acceptors (Lipinski definition) is 4. The lowest BCUT2D eigenvalue weighted by Crippen LogP contribution is -2.57. The molecule has 0 spiro atoms. The van der Waals surface area contributed by atoms with Crippen molar-refractivity contribution in [3.8, 4) is 0 Å². The van der Waals surface area contributed by atoms with E-state index in [9.17, 15) is 9.59 Å². The van der Waals surface area contributed by atoms with Gasteiger partial charge in [0.1, 0.15) is 0 Å². The zero-order valence-corrected chi connectivity index (χ0v) is 10.5. The molecule has 3 saturated heterocycles. The minimum atomic E-state index is -1.16. The summed E-state index contributed by atoms with van der Waals surface area (Å²) in [7, 11) is 0. The van der Waals surface area contributed by atoms with Crippen molar-refractivity contribution in [2.75, 3.05) is 19.6 Å². The van der Waals surface area contributed by atoms with E-state index in [4.69, 9.17) is 9.52 Å². The molecule has 3 aliphatic heterocycles. The Balaban J connectivity index is 1.66. The van der Waals surface area contributed by atoms with Gasteiger partial charge in [-0.15, -0.1) is 0 Å².